The molecule has 246 valence electrons. The average molecular weight is 654 g/mol. The molecule has 0 bridgehead atoms. The van der Waals surface area contributed by atoms with E-state index < -0.39 is 18.0 Å². The number of halogens is 2. The molecule has 1 aromatic heterocycles. The predicted molar refractivity (Wildman–Crippen MR) is 174 cm³/mol. The van der Waals surface area contributed by atoms with Crippen LogP contribution in [0.5, 0.6) is 0 Å². The highest BCUT2D eigenvalue weighted by molar-refractivity contribution is 6.34. The molecule has 1 aliphatic heterocycles. The van der Waals surface area contributed by atoms with Gasteiger partial charge in [-0.05, 0) is 69.2 Å². The Balaban J connectivity index is 1.24. The van der Waals surface area contributed by atoms with Gasteiger partial charge in [-0.25, -0.2) is 4.39 Å². The van der Waals surface area contributed by atoms with Crippen LogP contribution in [0.1, 0.15) is 61.4 Å². The number of nitrogens with one attached hydrogen (secondary N) is 1. The van der Waals surface area contributed by atoms with Gasteiger partial charge in [0.2, 0.25) is 5.91 Å². The molecule has 2 fully saturated rings. The minimum absolute atomic E-state index is 0.120. The number of anilines is 1. The van der Waals surface area contributed by atoms with Gasteiger partial charge in [0.1, 0.15) is 5.82 Å². The van der Waals surface area contributed by atoms with E-state index in [0.29, 0.717) is 50.8 Å². The van der Waals surface area contributed by atoms with Gasteiger partial charge in [-0.2, -0.15) is 0 Å². The number of hydrogen-bond donors (Lipinski definition) is 1. The van der Waals surface area contributed by atoms with Crippen LogP contribution in [0.4, 0.5) is 10.1 Å². The average Bonchev–Trinajstić information content (AvgIpc) is 3.67. The van der Waals surface area contributed by atoms with E-state index in [1.807, 2.05) is 35.9 Å². The summed E-state index contributed by atoms with van der Waals surface area (Å²) in [7, 11) is 1.85. The maximum absolute atomic E-state index is 15.4. The Bertz CT molecular complexity index is 1580. The molecule has 2 aromatic carbocycles. The van der Waals surface area contributed by atoms with Crippen LogP contribution in [0.3, 0.4) is 0 Å². The van der Waals surface area contributed by atoms with Crippen LogP contribution >= 0.6 is 11.6 Å². The van der Waals surface area contributed by atoms with E-state index in [4.69, 9.17) is 25.8 Å². The smallest absolute Gasteiger partial charge is 0.308 e. The van der Waals surface area contributed by atoms with Crippen LogP contribution < -0.4 is 5.32 Å². The standard InChI is InChI=1S/C35H41ClFN3O6/c1-4-17-45-35(46-24-14-12-22(13-15-24)34(43)44-5-2)31-11-8-16-40(31)32(41)19-23-18-27(36)29(20-28(23)37)38-33(42)26-21-39(3)30-10-7-6-9-25(26)30/h4,6-7,9-10,18,20-22,24,31,35H,1,5,8,11-17,19H2,2-3H3,(H,38,42)/t22-,24-,31-,35?/m0/s1. The number of rotatable bonds is 12. The number of hydrogen-bond acceptors (Lipinski definition) is 6. The van der Waals surface area contributed by atoms with Gasteiger partial charge in [0.15, 0.2) is 6.29 Å². The zero-order valence-electron chi connectivity index (χ0n) is 26.3. The molecule has 1 unspecified atom stereocenters. The van der Waals surface area contributed by atoms with Crippen molar-refractivity contribution in [3.8, 4) is 0 Å². The van der Waals surface area contributed by atoms with Crippen molar-refractivity contribution in [1.82, 2.24) is 9.47 Å². The molecular formula is C35H41ClFN3O6. The van der Waals surface area contributed by atoms with Crippen LogP contribution in [0.15, 0.2) is 55.3 Å². The zero-order valence-corrected chi connectivity index (χ0v) is 27.1. The predicted octanol–water partition coefficient (Wildman–Crippen LogP) is 6.42. The molecule has 1 saturated carbocycles. The summed E-state index contributed by atoms with van der Waals surface area (Å²) in [5.41, 5.74) is 1.58. The summed E-state index contributed by atoms with van der Waals surface area (Å²) in [6.45, 7) is 6.64. The number of fused-ring (bicyclic) bond motifs is 1. The first kappa shape index (κ1) is 33.6. The molecule has 0 radical (unpaired) electrons. The molecule has 2 heterocycles. The number of likely N-dealkylation sites (tertiary alicyclic amines) is 1. The summed E-state index contributed by atoms with van der Waals surface area (Å²) < 4.78 is 34.8. The lowest BCUT2D eigenvalue weighted by Gasteiger charge is -2.36. The minimum atomic E-state index is -0.686. The SMILES string of the molecule is C=CCOC(O[C@H]1CC[C@H](C(=O)OCC)CC1)[C@@H]1CCCN1C(=O)Cc1cc(Cl)c(NC(=O)c2cn(C)c3ccccc23)cc1F. The Labute approximate surface area is 273 Å². The fourth-order valence-corrected chi connectivity index (χ4v) is 6.70. The summed E-state index contributed by atoms with van der Waals surface area (Å²) in [5.74, 6) is -1.62. The number of para-hydroxylation sites is 1. The van der Waals surface area contributed by atoms with Crippen LogP contribution in [0.2, 0.25) is 5.02 Å². The van der Waals surface area contributed by atoms with Crippen molar-refractivity contribution >= 4 is 46.0 Å². The third-order valence-corrected chi connectivity index (χ3v) is 9.11. The summed E-state index contributed by atoms with van der Waals surface area (Å²) in [6, 6.07) is 9.69. The molecule has 1 aliphatic carbocycles. The Morgan fingerprint density at radius 2 is 1.91 bits per heavy atom. The third kappa shape index (κ3) is 7.62. The zero-order chi connectivity index (χ0) is 32.8. The Morgan fingerprint density at radius 1 is 1.15 bits per heavy atom. The number of aryl methyl sites for hydroxylation is 1. The maximum atomic E-state index is 15.4. The molecule has 11 heteroatoms. The molecule has 2 atom stereocenters. The van der Waals surface area contributed by atoms with Gasteiger partial charge >= 0.3 is 5.97 Å². The van der Waals surface area contributed by atoms with Crippen LogP contribution in [0, 0.1) is 11.7 Å². The first-order chi connectivity index (χ1) is 22.2. The molecule has 2 amide bonds. The van der Waals surface area contributed by atoms with Gasteiger partial charge in [-0.1, -0.05) is 35.9 Å². The van der Waals surface area contributed by atoms with E-state index in [1.165, 1.54) is 6.07 Å². The van der Waals surface area contributed by atoms with Crippen LogP contribution in [-0.4, -0.2) is 65.4 Å². The van der Waals surface area contributed by atoms with Crippen molar-refractivity contribution in [3.05, 3.63) is 77.2 Å². The molecule has 0 spiro atoms. The fourth-order valence-electron chi connectivity index (χ4n) is 6.47. The molecule has 1 saturated heterocycles. The number of aromatic nitrogens is 1. The monoisotopic (exact) mass is 653 g/mol. The highest BCUT2D eigenvalue weighted by atomic mass is 35.5. The molecule has 1 N–H and O–H groups in total. The van der Waals surface area contributed by atoms with Crippen molar-refractivity contribution in [2.45, 2.75) is 70.3 Å². The van der Waals surface area contributed by atoms with E-state index in [2.05, 4.69) is 11.9 Å². The molecule has 3 aromatic rings. The van der Waals surface area contributed by atoms with Crippen LogP contribution in [-0.2, 0) is 37.3 Å². The summed E-state index contributed by atoms with van der Waals surface area (Å²) in [6.07, 6.45) is 6.47. The highest BCUT2D eigenvalue weighted by Crippen LogP contribution is 2.32. The van der Waals surface area contributed by atoms with E-state index in [1.54, 1.807) is 24.1 Å². The van der Waals surface area contributed by atoms with Gasteiger partial charge in [0.05, 0.1) is 54.0 Å². The second-order valence-electron chi connectivity index (χ2n) is 11.9. The van der Waals surface area contributed by atoms with Crippen molar-refractivity contribution < 1.29 is 33.0 Å². The first-order valence-corrected chi connectivity index (χ1v) is 16.2. The number of esters is 1. The second kappa shape index (κ2) is 15.2. The Kier molecular flexibility index (Phi) is 11.1. The normalized spacial score (nSPS) is 20.4. The molecule has 46 heavy (non-hydrogen) atoms. The highest BCUT2D eigenvalue weighted by Gasteiger charge is 2.38. The lowest BCUT2D eigenvalue weighted by Crippen LogP contribution is -2.47. The number of benzene rings is 2. The maximum Gasteiger partial charge on any atom is 0.308 e. The van der Waals surface area contributed by atoms with E-state index in [9.17, 15) is 14.4 Å². The molecule has 9 nitrogen and oxygen atoms in total. The Hall–Kier alpha value is -3.73. The minimum Gasteiger partial charge on any atom is -0.466 e. The van der Waals surface area contributed by atoms with Gasteiger partial charge in [0.25, 0.3) is 5.91 Å². The number of amides is 2. The van der Waals surface area contributed by atoms with Crippen molar-refractivity contribution in [3.63, 3.8) is 0 Å². The molecule has 2 aliphatic rings. The Morgan fingerprint density at radius 3 is 2.65 bits per heavy atom. The second-order valence-corrected chi connectivity index (χ2v) is 12.3. The van der Waals surface area contributed by atoms with Gasteiger partial charge < -0.3 is 29.0 Å². The molecule has 5 rings (SSSR count). The van der Waals surface area contributed by atoms with Crippen molar-refractivity contribution in [2.75, 3.05) is 25.1 Å². The largest absolute Gasteiger partial charge is 0.466 e. The fraction of sp³-hybridized carbons (Fsp3) is 0.457. The number of nitrogens with zero attached hydrogens (tertiary/aromatic N) is 2. The molecular weight excluding hydrogens is 613 g/mol. The summed E-state index contributed by atoms with van der Waals surface area (Å²) in [4.78, 5) is 40.5. The quantitative estimate of drug-likeness (QED) is 0.138. The van der Waals surface area contributed by atoms with Crippen LogP contribution in [0.25, 0.3) is 10.9 Å². The van der Waals surface area contributed by atoms with Gasteiger partial charge in [-0.3, -0.25) is 14.4 Å². The van der Waals surface area contributed by atoms with Crippen molar-refractivity contribution in [2.24, 2.45) is 13.0 Å². The third-order valence-electron chi connectivity index (χ3n) is 8.80. The van der Waals surface area contributed by atoms with E-state index >= 15 is 4.39 Å². The number of ether oxygens (including phenoxy) is 3. The van der Waals surface area contributed by atoms with Crippen molar-refractivity contribution in [1.29, 1.82) is 0 Å². The topological polar surface area (TPSA) is 99.1 Å². The number of carbonyl (C=O) groups is 3. The van der Waals surface area contributed by atoms with Gasteiger partial charge in [-0.15, -0.1) is 6.58 Å². The summed E-state index contributed by atoms with van der Waals surface area (Å²) >= 11 is 6.50. The van der Waals surface area contributed by atoms with Gasteiger partial charge in [0, 0.05) is 30.7 Å². The first-order valence-electron chi connectivity index (χ1n) is 15.9. The van der Waals surface area contributed by atoms with E-state index in [0.717, 1.165) is 23.4 Å². The summed E-state index contributed by atoms with van der Waals surface area (Å²) in [5, 5.41) is 3.62. The van der Waals surface area contributed by atoms with E-state index in [-0.39, 0.29) is 59.2 Å². The lowest BCUT2D eigenvalue weighted by atomic mass is 9.87. The lowest BCUT2D eigenvalue weighted by molar-refractivity contribution is -0.201. The number of carbonyl (C=O) groups excluding carboxylic acids is 3.